The summed E-state index contributed by atoms with van der Waals surface area (Å²) in [4.78, 5) is 26.8. The second-order valence-corrected chi connectivity index (χ2v) is 9.82. The van der Waals surface area contributed by atoms with Crippen LogP contribution in [0.4, 0.5) is 13.2 Å². The predicted octanol–water partition coefficient (Wildman–Crippen LogP) is 4.90. The highest BCUT2D eigenvalue weighted by molar-refractivity contribution is 7.98. The smallest absolute Gasteiger partial charge is 0.408 e. The van der Waals surface area contributed by atoms with Gasteiger partial charge in [0, 0.05) is 27.9 Å². The Morgan fingerprint density at radius 1 is 1.11 bits per heavy atom. The van der Waals surface area contributed by atoms with E-state index < -0.39 is 47.7 Å². The Bertz CT molecular complexity index is 1390. The van der Waals surface area contributed by atoms with Gasteiger partial charge in [0.15, 0.2) is 11.4 Å². The highest BCUT2D eigenvalue weighted by Gasteiger charge is 2.47. The Morgan fingerprint density at radius 2 is 1.86 bits per heavy atom. The van der Waals surface area contributed by atoms with E-state index in [-0.39, 0.29) is 0 Å². The number of rotatable bonds is 2. The molecular weight excluding hydrogens is 503 g/mol. The van der Waals surface area contributed by atoms with Gasteiger partial charge in [0.1, 0.15) is 12.7 Å². The van der Waals surface area contributed by atoms with Crippen LogP contribution in [-0.4, -0.2) is 39.5 Å². The summed E-state index contributed by atoms with van der Waals surface area (Å²) in [5.74, 6) is -1.36. The van der Waals surface area contributed by atoms with Crippen LogP contribution < -0.4 is 10.4 Å². The number of benzene rings is 2. The maximum atomic E-state index is 13.8. The van der Waals surface area contributed by atoms with Crippen molar-refractivity contribution in [2.75, 3.05) is 11.7 Å². The molecule has 2 atom stereocenters. The number of pyridine rings is 1. The summed E-state index contributed by atoms with van der Waals surface area (Å²) >= 11 is 7.80. The molecule has 0 saturated carbocycles. The lowest BCUT2D eigenvalue weighted by atomic mass is 9.94. The molecular formula is C24H19ClF3N3O3S. The molecule has 0 saturated heterocycles. The van der Waals surface area contributed by atoms with Crippen LogP contribution in [0.15, 0.2) is 64.4 Å². The van der Waals surface area contributed by atoms with Crippen LogP contribution in [0.2, 0.25) is 5.02 Å². The number of aromatic nitrogens is 1. The van der Waals surface area contributed by atoms with E-state index in [0.29, 0.717) is 15.7 Å². The van der Waals surface area contributed by atoms with E-state index in [9.17, 15) is 27.9 Å². The van der Waals surface area contributed by atoms with Crippen molar-refractivity contribution in [1.29, 1.82) is 0 Å². The van der Waals surface area contributed by atoms with Crippen LogP contribution in [0.5, 0.6) is 5.75 Å². The molecule has 2 aliphatic heterocycles. The van der Waals surface area contributed by atoms with E-state index in [4.69, 9.17) is 11.6 Å². The number of halogens is 4. The third-order valence-electron chi connectivity index (χ3n) is 6.33. The average molecular weight is 522 g/mol. The van der Waals surface area contributed by atoms with Crippen LogP contribution in [0.3, 0.4) is 0 Å². The van der Waals surface area contributed by atoms with Crippen molar-refractivity contribution in [3.05, 3.63) is 92.4 Å². The molecule has 2 aromatic carbocycles. The zero-order valence-electron chi connectivity index (χ0n) is 18.3. The van der Waals surface area contributed by atoms with Gasteiger partial charge in [-0.05, 0) is 35.7 Å². The number of aromatic hydroxyl groups is 1. The lowest BCUT2D eigenvalue weighted by Crippen LogP contribution is -2.60. The van der Waals surface area contributed by atoms with Crippen LogP contribution in [0.25, 0.3) is 0 Å². The van der Waals surface area contributed by atoms with Gasteiger partial charge in [-0.15, -0.1) is 11.8 Å². The van der Waals surface area contributed by atoms with Gasteiger partial charge in [-0.3, -0.25) is 19.3 Å². The second-order valence-electron chi connectivity index (χ2n) is 8.37. The molecule has 6 nitrogen and oxygen atoms in total. The summed E-state index contributed by atoms with van der Waals surface area (Å²) in [5, 5.41) is 12.6. The average Bonchev–Trinajstić information content (AvgIpc) is 2.97. The monoisotopic (exact) mass is 521 g/mol. The number of fused-ring (bicyclic) bond motifs is 3. The first-order chi connectivity index (χ1) is 16.6. The van der Waals surface area contributed by atoms with E-state index in [1.165, 1.54) is 10.9 Å². The van der Waals surface area contributed by atoms with Crippen molar-refractivity contribution in [2.45, 2.75) is 35.8 Å². The van der Waals surface area contributed by atoms with Crippen molar-refractivity contribution in [3.63, 3.8) is 0 Å². The molecule has 0 aliphatic carbocycles. The molecule has 1 N–H and O–H groups in total. The Balaban J connectivity index is 1.78. The van der Waals surface area contributed by atoms with Gasteiger partial charge in [-0.25, -0.2) is 0 Å². The SMILES string of the molecule is C[C@H](N1CN([C@H]2c3ccccc3CSc3cc(Cl)ccc32)n2ccc(=O)c(O)c2C1=O)C(F)(F)F. The number of hydrogen-bond acceptors (Lipinski definition) is 5. The first kappa shape index (κ1) is 23.6. The van der Waals surface area contributed by atoms with Crippen LogP contribution in [-0.2, 0) is 5.75 Å². The molecule has 2 aliphatic rings. The van der Waals surface area contributed by atoms with Crippen molar-refractivity contribution in [2.24, 2.45) is 0 Å². The summed E-state index contributed by atoms with van der Waals surface area (Å²) in [5.41, 5.74) is 1.22. The van der Waals surface area contributed by atoms with Gasteiger partial charge in [0.25, 0.3) is 5.91 Å². The lowest BCUT2D eigenvalue weighted by molar-refractivity contribution is -0.173. The minimum absolute atomic E-state index is 0.430. The molecule has 3 aromatic rings. The fourth-order valence-corrected chi connectivity index (χ4v) is 5.84. The molecule has 0 bridgehead atoms. The predicted molar refractivity (Wildman–Crippen MR) is 126 cm³/mol. The molecule has 5 rings (SSSR count). The number of hydrogen-bond donors (Lipinski definition) is 1. The van der Waals surface area contributed by atoms with Gasteiger partial charge < -0.3 is 10.0 Å². The molecule has 0 radical (unpaired) electrons. The lowest BCUT2D eigenvalue weighted by Gasteiger charge is -2.46. The summed E-state index contributed by atoms with van der Waals surface area (Å²) in [7, 11) is 0. The number of carbonyl (C=O) groups excluding carboxylic acids is 1. The summed E-state index contributed by atoms with van der Waals surface area (Å²) in [6.07, 6.45) is -3.40. The van der Waals surface area contributed by atoms with E-state index >= 15 is 0 Å². The van der Waals surface area contributed by atoms with Crippen LogP contribution in [0, 0.1) is 0 Å². The Morgan fingerprint density at radius 3 is 2.60 bits per heavy atom. The highest BCUT2D eigenvalue weighted by atomic mass is 35.5. The van der Waals surface area contributed by atoms with Crippen LogP contribution >= 0.6 is 23.4 Å². The van der Waals surface area contributed by atoms with Gasteiger partial charge in [-0.2, -0.15) is 13.2 Å². The third kappa shape index (κ3) is 3.94. The second kappa shape index (κ2) is 8.53. The van der Waals surface area contributed by atoms with Crippen molar-refractivity contribution in [3.8, 4) is 5.75 Å². The molecule has 0 spiro atoms. The molecule has 3 heterocycles. The van der Waals surface area contributed by atoms with Gasteiger partial charge in [-0.1, -0.05) is 41.9 Å². The highest BCUT2D eigenvalue weighted by Crippen LogP contribution is 2.44. The summed E-state index contributed by atoms with van der Waals surface area (Å²) < 4.78 is 42.6. The zero-order chi connectivity index (χ0) is 25.1. The molecule has 1 amide bonds. The molecule has 1 aromatic heterocycles. The largest absolute Gasteiger partial charge is 0.502 e. The maximum Gasteiger partial charge on any atom is 0.408 e. The maximum absolute atomic E-state index is 13.8. The Hall–Kier alpha value is -3.11. The fourth-order valence-electron chi connectivity index (χ4n) is 4.47. The van der Waals surface area contributed by atoms with E-state index in [1.807, 2.05) is 30.3 Å². The normalized spacial score (nSPS) is 18.4. The van der Waals surface area contributed by atoms with Gasteiger partial charge in [0.2, 0.25) is 5.43 Å². The number of alkyl halides is 3. The minimum Gasteiger partial charge on any atom is -0.502 e. The van der Waals surface area contributed by atoms with E-state index in [1.54, 1.807) is 28.9 Å². The summed E-state index contributed by atoms with van der Waals surface area (Å²) in [6.45, 7) is 0.453. The summed E-state index contributed by atoms with van der Waals surface area (Å²) in [6, 6.07) is 11.2. The van der Waals surface area contributed by atoms with Crippen molar-refractivity contribution >= 4 is 29.3 Å². The standard InChI is InChI=1S/C24H19ClF3N3O3S/c1-13(24(26,27)28)29-12-31(30-9-8-18(32)22(33)21(30)23(29)34)20-16-5-3-2-4-14(16)11-35-19-10-15(25)6-7-17(19)20/h2-10,13,20,33H,11-12H2,1H3/t13-,20-/m0/s1. The third-order valence-corrected chi connectivity index (χ3v) is 7.69. The fraction of sp³-hybridized carbons (Fsp3) is 0.250. The first-order valence-electron chi connectivity index (χ1n) is 10.7. The number of thioether (sulfide) groups is 1. The molecule has 0 unspecified atom stereocenters. The van der Waals surface area contributed by atoms with Gasteiger partial charge in [0.05, 0.1) is 6.04 Å². The van der Waals surface area contributed by atoms with Crippen molar-refractivity contribution < 1.29 is 23.1 Å². The molecule has 182 valence electrons. The Labute approximate surface area is 207 Å². The van der Waals surface area contributed by atoms with E-state index in [2.05, 4.69) is 0 Å². The molecule has 0 fully saturated rings. The molecule has 35 heavy (non-hydrogen) atoms. The minimum atomic E-state index is -4.71. The number of amides is 1. The van der Waals surface area contributed by atoms with Crippen LogP contribution in [0.1, 0.15) is 40.1 Å². The van der Waals surface area contributed by atoms with Crippen molar-refractivity contribution in [1.82, 2.24) is 9.58 Å². The number of nitrogens with zero attached hydrogens (tertiary/aromatic N) is 3. The number of carbonyl (C=O) groups is 1. The zero-order valence-corrected chi connectivity index (χ0v) is 19.9. The quantitative estimate of drug-likeness (QED) is 0.519. The van der Waals surface area contributed by atoms with Gasteiger partial charge >= 0.3 is 6.18 Å². The first-order valence-corrected chi connectivity index (χ1v) is 12.0. The topological polar surface area (TPSA) is 65.8 Å². The molecule has 11 heteroatoms. The Kier molecular flexibility index (Phi) is 5.76. The van der Waals surface area contributed by atoms with E-state index in [0.717, 1.165) is 34.6 Å².